The predicted octanol–water partition coefficient (Wildman–Crippen LogP) is 3.24. The summed E-state index contributed by atoms with van der Waals surface area (Å²) in [6, 6.07) is 0. The lowest BCUT2D eigenvalue weighted by Gasteiger charge is -2.16. The lowest BCUT2D eigenvalue weighted by Crippen LogP contribution is -2.12. The Balaban J connectivity index is 2.82. The molecule has 0 atom stereocenters. The topological polar surface area (TPSA) is 26.3 Å². The first-order valence-corrected chi connectivity index (χ1v) is 5.73. The van der Waals surface area contributed by atoms with Crippen molar-refractivity contribution in [3.63, 3.8) is 0 Å². The van der Waals surface area contributed by atoms with Crippen LogP contribution < -0.4 is 0 Å². The maximum Gasteiger partial charge on any atom is 0.338 e. The molecule has 0 fully saturated rings. The van der Waals surface area contributed by atoms with Gasteiger partial charge in [0, 0.05) is 0 Å². The van der Waals surface area contributed by atoms with E-state index in [1.165, 1.54) is 0 Å². The average Bonchev–Trinajstić information content (AvgIpc) is 2.18. The Morgan fingerprint density at radius 3 is 2.93 bits per heavy atom. The van der Waals surface area contributed by atoms with Gasteiger partial charge in [-0.15, -0.1) is 0 Å². The standard InChI is InChI=1S/C13H20O2/c1-4-15-13(14)12-8-6-5-7-11(12)9-10(2)3/h8-10H,4-7H2,1-3H3/b11-9+. The van der Waals surface area contributed by atoms with Crippen molar-refractivity contribution in [1.82, 2.24) is 0 Å². The molecule has 0 saturated carbocycles. The van der Waals surface area contributed by atoms with Crippen LogP contribution in [0.25, 0.3) is 0 Å². The molecule has 0 radical (unpaired) electrons. The maximum atomic E-state index is 11.7. The Morgan fingerprint density at radius 1 is 1.60 bits per heavy atom. The van der Waals surface area contributed by atoms with Gasteiger partial charge in [-0.05, 0) is 37.7 Å². The van der Waals surface area contributed by atoms with Gasteiger partial charge in [-0.3, -0.25) is 0 Å². The highest BCUT2D eigenvalue weighted by molar-refractivity contribution is 5.93. The molecule has 0 aromatic heterocycles. The van der Waals surface area contributed by atoms with Gasteiger partial charge in [-0.1, -0.05) is 26.0 Å². The molecule has 0 heterocycles. The lowest BCUT2D eigenvalue weighted by molar-refractivity contribution is -0.138. The zero-order valence-corrected chi connectivity index (χ0v) is 9.88. The van der Waals surface area contributed by atoms with Crippen LogP contribution in [-0.2, 0) is 9.53 Å². The fraction of sp³-hybridized carbons (Fsp3) is 0.615. The summed E-state index contributed by atoms with van der Waals surface area (Å²) < 4.78 is 5.05. The highest BCUT2D eigenvalue weighted by atomic mass is 16.5. The number of hydrogen-bond donors (Lipinski definition) is 0. The molecule has 0 bridgehead atoms. The molecule has 0 saturated heterocycles. The molecule has 0 aliphatic heterocycles. The summed E-state index contributed by atoms with van der Waals surface area (Å²) in [6.45, 7) is 6.55. The van der Waals surface area contributed by atoms with Crippen LogP contribution in [0.5, 0.6) is 0 Å². The number of carbonyl (C=O) groups excluding carboxylic acids is 1. The van der Waals surface area contributed by atoms with E-state index in [2.05, 4.69) is 19.9 Å². The Labute approximate surface area is 92.0 Å². The summed E-state index contributed by atoms with van der Waals surface area (Å²) in [5.74, 6) is 0.319. The molecule has 1 rings (SSSR count). The van der Waals surface area contributed by atoms with Crippen LogP contribution in [0.15, 0.2) is 23.3 Å². The smallest absolute Gasteiger partial charge is 0.338 e. The summed E-state index contributed by atoms with van der Waals surface area (Å²) in [5, 5.41) is 0. The summed E-state index contributed by atoms with van der Waals surface area (Å²) in [4.78, 5) is 11.7. The Morgan fingerprint density at radius 2 is 2.33 bits per heavy atom. The largest absolute Gasteiger partial charge is 0.462 e. The van der Waals surface area contributed by atoms with Crippen molar-refractivity contribution in [3.05, 3.63) is 23.3 Å². The van der Waals surface area contributed by atoms with E-state index < -0.39 is 0 Å². The molecule has 0 aromatic carbocycles. The Kier molecular flexibility index (Phi) is 4.60. The van der Waals surface area contributed by atoms with Gasteiger partial charge in [-0.25, -0.2) is 4.79 Å². The van der Waals surface area contributed by atoms with Crippen LogP contribution in [-0.4, -0.2) is 12.6 Å². The van der Waals surface area contributed by atoms with Crippen LogP contribution in [0.3, 0.4) is 0 Å². The summed E-state index contributed by atoms with van der Waals surface area (Å²) >= 11 is 0. The van der Waals surface area contributed by atoms with E-state index in [0.29, 0.717) is 12.5 Å². The molecule has 84 valence electrons. The monoisotopic (exact) mass is 208 g/mol. The predicted molar refractivity (Wildman–Crippen MR) is 61.5 cm³/mol. The zero-order chi connectivity index (χ0) is 11.3. The lowest BCUT2D eigenvalue weighted by atomic mass is 9.91. The van der Waals surface area contributed by atoms with Gasteiger partial charge in [0.25, 0.3) is 0 Å². The highest BCUT2D eigenvalue weighted by Gasteiger charge is 2.18. The van der Waals surface area contributed by atoms with Gasteiger partial charge in [0.1, 0.15) is 0 Å². The molecule has 0 spiro atoms. The number of hydrogen-bond acceptors (Lipinski definition) is 2. The molecule has 2 nitrogen and oxygen atoms in total. The van der Waals surface area contributed by atoms with Crippen molar-refractivity contribution in [1.29, 1.82) is 0 Å². The molecular weight excluding hydrogens is 188 g/mol. The van der Waals surface area contributed by atoms with Crippen LogP contribution in [0, 0.1) is 5.92 Å². The minimum atomic E-state index is -0.163. The third-order valence-electron chi connectivity index (χ3n) is 2.37. The number of ether oxygens (including phenoxy) is 1. The first-order valence-electron chi connectivity index (χ1n) is 5.73. The van der Waals surface area contributed by atoms with E-state index in [4.69, 9.17) is 4.74 Å². The summed E-state index contributed by atoms with van der Waals surface area (Å²) in [6.07, 6.45) is 7.31. The molecule has 1 aliphatic rings. The SMILES string of the molecule is CCOC(=O)C1=CCCC/C1=C\C(C)C. The summed E-state index contributed by atoms with van der Waals surface area (Å²) in [5.41, 5.74) is 1.95. The number of allylic oxidation sites excluding steroid dienone is 2. The highest BCUT2D eigenvalue weighted by Crippen LogP contribution is 2.26. The van der Waals surface area contributed by atoms with Crippen molar-refractivity contribution < 1.29 is 9.53 Å². The van der Waals surface area contributed by atoms with Crippen LogP contribution >= 0.6 is 0 Å². The molecule has 2 heteroatoms. The van der Waals surface area contributed by atoms with E-state index in [-0.39, 0.29) is 5.97 Å². The van der Waals surface area contributed by atoms with Gasteiger partial charge in [0.05, 0.1) is 12.2 Å². The molecule has 0 amide bonds. The molecule has 1 aliphatic carbocycles. The van der Waals surface area contributed by atoms with Crippen LogP contribution in [0.4, 0.5) is 0 Å². The second-order valence-corrected chi connectivity index (χ2v) is 4.17. The molecule has 0 aromatic rings. The molecule has 0 N–H and O–H groups in total. The fourth-order valence-electron chi connectivity index (χ4n) is 1.80. The van der Waals surface area contributed by atoms with Gasteiger partial charge >= 0.3 is 5.97 Å². The maximum absolute atomic E-state index is 11.7. The number of esters is 1. The van der Waals surface area contributed by atoms with E-state index in [0.717, 1.165) is 30.4 Å². The fourth-order valence-corrected chi connectivity index (χ4v) is 1.80. The Hall–Kier alpha value is -1.05. The minimum Gasteiger partial charge on any atom is -0.462 e. The first-order chi connectivity index (χ1) is 7.15. The van der Waals surface area contributed by atoms with Crippen LogP contribution in [0.2, 0.25) is 0 Å². The second kappa shape index (κ2) is 5.74. The second-order valence-electron chi connectivity index (χ2n) is 4.17. The first kappa shape index (κ1) is 12.0. The molecule has 15 heavy (non-hydrogen) atoms. The molecule has 0 unspecified atom stereocenters. The van der Waals surface area contributed by atoms with Gasteiger partial charge < -0.3 is 4.74 Å². The van der Waals surface area contributed by atoms with E-state index in [1.54, 1.807) is 0 Å². The van der Waals surface area contributed by atoms with Gasteiger partial charge in [0.2, 0.25) is 0 Å². The van der Waals surface area contributed by atoms with E-state index in [1.807, 2.05) is 13.0 Å². The quantitative estimate of drug-likeness (QED) is 0.665. The summed E-state index contributed by atoms with van der Waals surface area (Å²) in [7, 11) is 0. The van der Waals surface area contributed by atoms with Crippen molar-refractivity contribution in [2.45, 2.75) is 40.0 Å². The van der Waals surface area contributed by atoms with Crippen molar-refractivity contribution >= 4 is 5.97 Å². The number of rotatable bonds is 3. The van der Waals surface area contributed by atoms with E-state index >= 15 is 0 Å². The molecular formula is C13H20O2. The zero-order valence-electron chi connectivity index (χ0n) is 9.88. The average molecular weight is 208 g/mol. The van der Waals surface area contributed by atoms with E-state index in [9.17, 15) is 4.79 Å². The van der Waals surface area contributed by atoms with Crippen molar-refractivity contribution in [2.24, 2.45) is 5.92 Å². The number of carbonyl (C=O) groups is 1. The van der Waals surface area contributed by atoms with Crippen LogP contribution in [0.1, 0.15) is 40.0 Å². The van der Waals surface area contributed by atoms with Crippen molar-refractivity contribution in [2.75, 3.05) is 6.61 Å². The normalized spacial score (nSPS) is 19.2. The van der Waals surface area contributed by atoms with Gasteiger partial charge in [0.15, 0.2) is 0 Å². The van der Waals surface area contributed by atoms with Gasteiger partial charge in [-0.2, -0.15) is 0 Å². The Bertz CT molecular complexity index is 285. The third-order valence-corrected chi connectivity index (χ3v) is 2.37. The third kappa shape index (κ3) is 3.54. The van der Waals surface area contributed by atoms with Crippen molar-refractivity contribution in [3.8, 4) is 0 Å². The minimum absolute atomic E-state index is 0.163.